The average molecular weight is 528 g/mol. The van der Waals surface area contributed by atoms with Crippen LogP contribution in [0.2, 0.25) is 0 Å². The summed E-state index contributed by atoms with van der Waals surface area (Å²) in [6, 6.07) is 34.6. The molecule has 1 fully saturated rings. The maximum absolute atomic E-state index is 5.42. The molecule has 0 amide bonds. The SMILES string of the molecule is C1=CC2=NC34C(c5cccc6c7c8c(ccc7n3c56)sc3ccc(-c5cccc6ccccc56)cc38)N4C2C=C1. The van der Waals surface area contributed by atoms with E-state index >= 15 is 0 Å². The number of aliphatic imine (C=N–C) groups is 1. The zero-order valence-electron chi connectivity index (χ0n) is 21.4. The number of hydrogen-bond acceptors (Lipinski definition) is 3. The first-order valence-corrected chi connectivity index (χ1v) is 14.8. The van der Waals surface area contributed by atoms with Crippen LogP contribution in [0.15, 0.2) is 120 Å². The number of para-hydroxylation sites is 1. The number of aromatic nitrogens is 1. The molecular weight excluding hydrogens is 506 g/mol. The molecule has 1 spiro atoms. The number of thiophene rings is 1. The Hall–Kier alpha value is -4.51. The molecule has 1 aliphatic carbocycles. The second-order valence-corrected chi connectivity index (χ2v) is 12.6. The van der Waals surface area contributed by atoms with E-state index in [0.717, 1.165) is 0 Å². The van der Waals surface area contributed by atoms with Crippen LogP contribution in [0.4, 0.5) is 0 Å². The predicted octanol–water partition coefficient (Wildman–Crippen LogP) is 8.91. The Morgan fingerprint density at radius 1 is 0.750 bits per heavy atom. The Kier molecular flexibility index (Phi) is 3.37. The van der Waals surface area contributed by atoms with Crippen molar-refractivity contribution < 1.29 is 0 Å². The van der Waals surface area contributed by atoms with Crippen LogP contribution < -0.4 is 0 Å². The van der Waals surface area contributed by atoms with Crippen molar-refractivity contribution in [3.8, 4) is 11.1 Å². The van der Waals surface area contributed by atoms with Gasteiger partial charge in [-0.1, -0.05) is 85.0 Å². The highest BCUT2D eigenvalue weighted by atomic mass is 32.1. The van der Waals surface area contributed by atoms with Gasteiger partial charge in [-0.3, -0.25) is 0 Å². The monoisotopic (exact) mass is 527 g/mol. The Labute approximate surface area is 233 Å². The summed E-state index contributed by atoms with van der Waals surface area (Å²) in [6.45, 7) is 0. The number of nitrogens with zero attached hydrogens (tertiary/aromatic N) is 3. The lowest BCUT2D eigenvalue weighted by Crippen LogP contribution is -2.26. The lowest BCUT2D eigenvalue weighted by molar-refractivity contribution is 0.368. The predicted molar refractivity (Wildman–Crippen MR) is 167 cm³/mol. The van der Waals surface area contributed by atoms with Crippen LogP contribution in [-0.4, -0.2) is 21.2 Å². The number of allylic oxidation sites excluding steroid dienone is 2. The van der Waals surface area contributed by atoms with E-state index in [1.54, 1.807) is 0 Å². The molecule has 3 nitrogen and oxygen atoms in total. The van der Waals surface area contributed by atoms with Gasteiger partial charge in [0.2, 0.25) is 5.79 Å². The van der Waals surface area contributed by atoms with Crippen molar-refractivity contribution in [2.45, 2.75) is 17.9 Å². The molecule has 0 N–H and O–H groups in total. The Morgan fingerprint density at radius 2 is 1.62 bits per heavy atom. The molecule has 40 heavy (non-hydrogen) atoms. The molecule has 5 aromatic carbocycles. The minimum absolute atomic E-state index is 0.268. The Morgan fingerprint density at radius 3 is 2.62 bits per heavy atom. The van der Waals surface area contributed by atoms with Gasteiger partial charge >= 0.3 is 0 Å². The topological polar surface area (TPSA) is 20.3 Å². The normalized spacial score (nSPS) is 25.3. The second-order valence-electron chi connectivity index (χ2n) is 11.5. The molecule has 0 bridgehead atoms. The first-order valence-electron chi connectivity index (χ1n) is 14.0. The van der Waals surface area contributed by atoms with Crippen molar-refractivity contribution in [1.29, 1.82) is 0 Å². The molecule has 0 saturated carbocycles. The second kappa shape index (κ2) is 6.61. The van der Waals surface area contributed by atoms with Gasteiger partial charge in [0.15, 0.2) is 0 Å². The first-order chi connectivity index (χ1) is 19.8. The molecule has 5 heterocycles. The molecule has 2 aromatic heterocycles. The van der Waals surface area contributed by atoms with Crippen molar-refractivity contribution in [2.24, 2.45) is 4.99 Å². The molecule has 0 radical (unpaired) electrons. The highest BCUT2D eigenvalue weighted by Gasteiger charge is 2.75. The molecule has 4 atom stereocenters. The molecule has 3 aliphatic heterocycles. The van der Waals surface area contributed by atoms with Crippen molar-refractivity contribution in [1.82, 2.24) is 9.47 Å². The van der Waals surface area contributed by atoms with E-state index < -0.39 is 0 Å². The largest absolute Gasteiger partial charge is 0.301 e. The van der Waals surface area contributed by atoms with Crippen molar-refractivity contribution in [3.05, 3.63) is 121 Å². The highest BCUT2D eigenvalue weighted by Crippen LogP contribution is 2.70. The van der Waals surface area contributed by atoms with Gasteiger partial charge in [-0.25, -0.2) is 9.89 Å². The van der Waals surface area contributed by atoms with Gasteiger partial charge < -0.3 is 4.57 Å². The summed E-state index contributed by atoms with van der Waals surface area (Å²) in [7, 11) is 0. The number of hydrogen-bond donors (Lipinski definition) is 0. The van der Waals surface area contributed by atoms with Crippen molar-refractivity contribution in [3.63, 3.8) is 0 Å². The minimum atomic E-state index is -0.323. The summed E-state index contributed by atoms with van der Waals surface area (Å²) in [5, 5.41) is 8.04. The van der Waals surface area contributed by atoms with Gasteiger partial charge in [-0.2, -0.15) is 0 Å². The molecule has 1 saturated heterocycles. The summed E-state index contributed by atoms with van der Waals surface area (Å²) < 4.78 is 5.26. The maximum atomic E-state index is 5.42. The molecule has 7 aromatic rings. The quantitative estimate of drug-likeness (QED) is 0.195. The number of fused-ring (bicyclic) bond motifs is 12. The molecule has 11 rings (SSSR count). The van der Waals surface area contributed by atoms with Gasteiger partial charge in [-0.15, -0.1) is 11.3 Å². The summed E-state index contributed by atoms with van der Waals surface area (Å²) in [6.07, 6.45) is 8.78. The molecule has 4 heteroatoms. The van der Waals surface area contributed by atoms with Gasteiger partial charge in [0, 0.05) is 30.9 Å². The average Bonchev–Trinajstić information content (AvgIpc) is 3.36. The van der Waals surface area contributed by atoms with E-state index in [4.69, 9.17) is 4.99 Å². The molecular formula is C36H21N3S. The third kappa shape index (κ3) is 2.14. The van der Waals surface area contributed by atoms with Crippen LogP contribution in [0.5, 0.6) is 0 Å². The summed E-state index contributed by atoms with van der Waals surface area (Å²) in [5.41, 5.74) is 7.83. The van der Waals surface area contributed by atoms with E-state index in [0.29, 0.717) is 6.04 Å². The fourth-order valence-electron chi connectivity index (χ4n) is 8.13. The summed E-state index contributed by atoms with van der Waals surface area (Å²) in [4.78, 5) is 8.02. The Balaban J connectivity index is 1.24. The molecule has 4 unspecified atom stereocenters. The first kappa shape index (κ1) is 20.4. The maximum Gasteiger partial charge on any atom is 0.216 e. The van der Waals surface area contributed by atoms with Gasteiger partial charge in [-0.05, 0) is 57.8 Å². The number of benzene rings is 5. The standard InChI is InChI=1S/C36H21N3S/c1-2-9-22-20(7-1)8-5-10-23(22)21-15-17-30-26(19-21)33-31(40-30)18-16-29-32(33)24-11-6-12-25-34(24)38(29)36-35(25)39(36)28-14-4-3-13-27(28)37-36/h1-19,28,35H. The highest BCUT2D eigenvalue weighted by molar-refractivity contribution is 7.26. The van der Waals surface area contributed by atoms with E-state index in [2.05, 4.69) is 125 Å². The van der Waals surface area contributed by atoms with E-state index in [1.165, 1.54) is 75.2 Å². The van der Waals surface area contributed by atoms with Crippen molar-refractivity contribution >= 4 is 69.8 Å². The third-order valence-corrected chi connectivity index (χ3v) is 10.8. The minimum Gasteiger partial charge on any atom is -0.301 e. The molecule has 4 aliphatic rings. The fourth-order valence-corrected chi connectivity index (χ4v) is 9.22. The van der Waals surface area contributed by atoms with Crippen LogP contribution in [0.3, 0.4) is 0 Å². The van der Waals surface area contributed by atoms with Crippen molar-refractivity contribution in [2.75, 3.05) is 0 Å². The molecule has 186 valence electrons. The van der Waals surface area contributed by atoms with Gasteiger partial charge in [0.1, 0.15) is 6.04 Å². The lowest BCUT2D eigenvalue weighted by atomic mass is 9.96. The van der Waals surface area contributed by atoms with E-state index in [-0.39, 0.29) is 11.8 Å². The van der Waals surface area contributed by atoms with Crippen LogP contribution in [-0.2, 0) is 5.79 Å². The van der Waals surface area contributed by atoms with Gasteiger partial charge in [0.25, 0.3) is 0 Å². The number of rotatable bonds is 1. The zero-order chi connectivity index (χ0) is 25.7. The van der Waals surface area contributed by atoms with Crippen LogP contribution in [0.25, 0.3) is 63.9 Å². The van der Waals surface area contributed by atoms with Crippen LogP contribution in [0.1, 0.15) is 11.6 Å². The van der Waals surface area contributed by atoms with Crippen LogP contribution in [0, 0.1) is 0 Å². The smallest absolute Gasteiger partial charge is 0.216 e. The van der Waals surface area contributed by atoms with E-state index in [9.17, 15) is 0 Å². The Bertz CT molecular complexity index is 2410. The lowest BCUT2D eigenvalue weighted by Gasteiger charge is -2.16. The van der Waals surface area contributed by atoms with E-state index in [1.807, 2.05) is 11.3 Å². The summed E-state index contributed by atoms with van der Waals surface area (Å²) >= 11 is 1.90. The summed E-state index contributed by atoms with van der Waals surface area (Å²) in [5.74, 6) is -0.323. The van der Waals surface area contributed by atoms with Gasteiger partial charge in [0.05, 0.1) is 22.8 Å². The fraction of sp³-hybridized carbons (Fsp3) is 0.0833. The third-order valence-electron chi connectivity index (χ3n) is 9.66. The van der Waals surface area contributed by atoms with Crippen LogP contribution >= 0.6 is 11.3 Å². The zero-order valence-corrected chi connectivity index (χ0v) is 22.2.